The molecule has 0 radical (unpaired) electrons. The van der Waals surface area contributed by atoms with Gasteiger partial charge in [0.05, 0.1) is 38.4 Å². The summed E-state index contributed by atoms with van der Waals surface area (Å²) >= 11 is 0. The second-order valence-corrected chi connectivity index (χ2v) is 6.76. The number of carbonyl (C=O) groups is 1. The van der Waals surface area contributed by atoms with Crippen molar-refractivity contribution in [3.63, 3.8) is 0 Å². The van der Waals surface area contributed by atoms with E-state index in [1.165, 1.54) is 0 Å². The van der Waals surface area contributed by atoms with Crippen LogP contribution in [0.2, 0.25) is 0 Å². The molecule has 8 heteroatoms. The molecule has 2 aromatic heterocycles. The van der Waals surface area contributed by atoms with Crippen molar-refractivity contribution < 1.29 is 19.4 Å². The van der Waals surface area contributed by atoms with E-state index >= 15 is 0 Å². The summed E-state index contributed by atoms with van der Waals surface area (Å²) in [5, 5.41) is 16.3. The standard InChI is InChI=1S/C23H22N4O4/c1-30-20-8-6-16(13-21(20)31-2)19-14-25-22-9-7-18(26-27(19)22)15-4-3-5-17(12-15)23(29)24-10-11-28/h3-9,12-14,28H,10-11H2,1-2H3,(H,24,29). The van der Waals surface area contributed by atoms with Crippen molar-refractivity contribution in [3.8, 4) is 34.0 Å². The minimum Gasteiger partial charge on any atom is -0.493 e. The van der Waals surface area contributed by atoms with Gasteiger partial charge in [-0.05, 0) is 42.5 Å². The van der Waals surface area contributed by atoms with E-state index in [4.69, 9.17) is 19.7 Å². The van der Waals surface area contributed by atoms with Crippen LogP contribution in [0.4, 0.5) is 0 Å². The lowest BCUT2D eigenvalue weighted by Crippen LogP contribution is -2.26. The van der Waals surface area contributed by atoms with E-state index in [1.807, 2.05) is 36.4 Å². The minimum atomic E-state index is -0.245. The summed E-state index contributed by atoms with van der Waals surface area (Å²) in [7, 11) is 3.19. The molecule has 0 aliphatic rings. The van der Waals surface area contributed by atoms with E-state index in [0.29, 0.717) is 28.4 Å². The smallest absolute Gasteiger partial charge is 0.251 e. The van der Waals surface area contributed by atoms with Crippen LogP contribution >= 0.6 is 0 Å². The van der Waals surface area contributed by atoms with Gasteiger partial charge in [0.15, 0.2) is 17.1 Å². The third-order valence-electron chi connectivity index (χ3n) is 4.86. The highest BCUT2D eigenvalue weighted by Gasteiger charge is 2.13. The number of aliphatic hydroxyl groups is 1. The summed E-state index contributed by atoms with van der Waals surface area (Å²) in [6, 6.07) is 16.6. The Morgan fingerprint density at radius 3 is 2.65 bits per heavy atom. The second-order valence-electron chi connectivity index (χ2n) is 6.76. The third kappa shape index (κ3) is 4.06. The van der Waals surface area contributed by atoms with Crippen LogP contribution in [0, 0.1) is 0 Å². The van der Waals surface area contributed by atoms with Gasteiger partial charge in [0, 0.05) is 23.2 Å². The lowest BCUT2D eigenvalue weighted by molar-refractivity contribution is 0.0945. The molecule has 0 aliphatic carbocycles. The number of nitrogens with zero attached hydrogens (tertiary/aromatic N) is 3. The van der Waals surface area contributed by atoms with Gasteiger partial charge in [0.25, 0.3) is 5.91 Å². The molecular weight excluding hydrogens is 396 g/mol. The first kappa shape index (κ1) is 20.4. The highest BCUT2D eigenvalue weighted by molar-refractivity contribution is 5.95. The molecule has 2 aromatic carbocycles. The van der Waals surface area contributed by atoms with Gasteiger partial charge in [-0.3, -0.25) is 4.79 Å². The zero-order valence-corrected chi connectivity index (χ0v) is 17.2. The molecule has 0 spiro atoms. The molecule has 2 N–H and O–H groups in total. The summed E-state index contributed by atoms with van der Waals surface area (Å²) in [4.78, 5) is 16.7. The molecule has 2 heterocycles. The Labute approximate surface area is 179 Å². The van der Waals surface area contributed by atoms with Crippen LogP contribution in [0.5, 0.6) is 11.5 Å². The fourth-order valence-corrected chi connectivity index (χ4v) is 3.31. The molecule has 0 saturated heterocycles. The number of nitrogens with one attached hydrogen (secondary N) is 1. The van der Waals surface area contributed by atoms with Crippen LogP contribution in [0.15, 0.2) is 60.8 Å². The Balaban J connectivity index is 1.74. The maximum absolute atomic E-state index is 12.2. The van der Waals surface area contributed by atoms with Gasteiger partial charge in [-0.25, -0.2) is 9.50 Å². The highest BCUT2D eigenvalue weighted by atomic mass is 16.5. The van der Waals surface area contributed by atoms with E-state index < -0.39 is 0 Å². The van der Waals surface area contributed by atoms with Gasteiger partial charge in [-0.2, -0.15) is 5.10 Å². The fraction of sp³-hybridized carbons (Fsp3) is 0.174. The molecule has 1 amide bonds. The van der Waals surface area contributed by atoms with Gasteiger partial charge >= 0.3 is 0 Å². The van der Waals surface area contributed by atoms with Crippen molar-refractivity contribution >= 4 is 11.6 Å². The molecular formula is C23H22N4O4. The first-order valence-electron chi connectivity index (χ1n) is 9.71. The Hall–Kier alpha value is -3.91. The van der Waals surface area contributed by atoms with E-state index in [2.05, 4.69) is 10.3 Å². The summed E-state index contributed by atoms with van der Waals surface area (Å²) in [6.07, 6.45) is 1.76. The number of ether oxygens (including phenoxy) is 2. The SMILES string of the molecule is COc1ccc(-c2cnc3ccc(-c4cccc(C(=O)NCCO)c4)nn23)cc1OC. The summed E-state index contributed by atoms with van der Waals surface area (Å²) < 4.78 is 12.5. The van der Waals surface area contributed by atoms with Crippen molar-refractivity contribution in [2.45, 2.75) is 0 Å². The first-order chi connectivity index (χ1) is 15.1. The first-order valence-corrected chi connectivity index (χ1v) is 9.71. The summed E-state index contributed by atoms with van der Waals surface area (Å²) in [5.41, 5.74) is 4.38. The minimum absolute atomic E-state index is 0.108. The second kappa shape index (κ2) is 8.85. The van der Waals surface area contributed by atoms with Crippen molar-refractivity contribution in [2.24, 2.45) is 0 Å². The Morgan fingerprint density at radius 2 is 1.87 bits per heavy atom. The van der Waals surface area contributed by atoms with Crippen molar-refractivity contribution in [1.29, 1.82) is 0 Å². The normalized spacial score (nSPS) is 10.8. The molecule has 0 fully saturated rings. The topological polar surface area (TPSA) is 98.0 Å². The van der Waals surface area contributed by atoms with Gasteiger partial charge in [-0.1, -0.05) is 12.1 Å². The zero-order valence-electron chi connectivity index (χ0n) is 17.2. The summed E-state index contributed by atoms with van der Waals surface area (Å²) in [6.45, 7) is 0.0974. The van der Waals surface area contributed by atoms with Crippen molar-refractivity contribution in [3.05, 3.63) is 66.4 Å². The molecule has 0 bridgehead atoms. The molecule has 0 saturated carbocycles. The van der Waals surface area contributed by atoms with Crippen LogP contribution in [0.3, 0.4) is 0 Å². The lowest BCUT2D eigenvalue weighted by atomic mass is 10.1. The largest absolute Gasteiger partial charge is 0.493 e. The average molecular weight is 418 g/mol. The molecule has 0 unspecified atom stereocenters. The number of rotatable bonds is 7. The van der Waals surface area contributed by atoms with E-state index in [0.717, 1.165) is 16.8 Å². The van der Waals surface area contributed by atoms with Crippen molar-refractivity contribution in [1.82, 2.24) is 19.9 Å². The van der Waals surface area contributed by atoms with Crippen LogP contribution in [-0.4, -0.2) is 53.0 Å². The Kier molecular flexibility index (Phi) is 5.81. The maximum atomic E-state index is 12.2. The quantitative estimate of drug-likeness (QED) is 0.479. The zero-order chi connectivity index (χ0) is 21.8. The van der Waals surface area contributed by atoms with Crippen LogP contribution in [0.1, 0.15) is 10.4 Å². The summed E-state index contributed by atoms with van der Waals surface area (Å²) in [5.74, 6) is 1.02. The molecule has 4 rings (SSSR count). The Bertz CT molecular complexity index is 1240. The number of aromatic nitrogens is 3. The number of carbonyl (C=O) groups excluding carboxylic acids is 1. The van der Waals surface area contributed by atoms with Gasteiger partial charge in [0.1, 0.15) is 0 Å². The number of hydrogen-bond acceptors (Lipinski definition) is 6. The van der Waals surface area contributed by atoms with E-state index in [9.17, 15) is 4.79 Å². The number of fused-ring (bicyclic) bond motifs is 1. The van der Waals surface area contributed by atoms with Gasteiger partial charge in [0.2, 0.25) is 0 Å². The number of methoxy groups -OCH3 is 2. The van der Waals surface area contributed by atoms with Crippen LogP contribution < -0.4 is 14.8 Å². The molecule has 8 nitrogen and oxygen atoms in total. The monoisotopic (exact) mass is 418 g/mol. The molecule has 158 valence electrons. The number of amides is 1. The van der Waals surface area contributed by atoms with Crippen molar-refractivity contribution in [2.75, 3.05) is 27.4 Å². The predicted octanol–water partition coefficient (Wildman–Crippen LogP) is 2.80. The van der Waals surface area contributed by atoms with Gasteiger partial charge in [-0.15, -0.1) is 0 Å². The third-order valence-corrected chi connectivity index (χ3v) is 4.86. The number of hydrogen-bond donors (Lipinski definition) is 2. The van der Waals surface area contributed by atoms with Gasteiger partial charge < -0.3 is 19.9 Å². The Morgan fingerprint density at radius 1 is 1.03 bits per heavy atom. The van der Waals surface area contributed by atoms with Crippen LogP contribution in [-0.2, 0) is 0 Å². The maximum Gasteiger partial charge on any atom is 0.251 e. The van der Waals surface area contributed by atoms with Crippen LogP contribution in [0.25, 0.3) is 28.2 Å². The highest BCUT2D eigenvalue weighted by Crippen LogP contribution is 2.32. The average Bonchev–Trinajstić information content (AvgIpc) is 3.25. The molecule has 31 heavy (non-hydrogen) atoms. The van der Waals surface area contributed by atoms with E-state index in [-0.39, 0.29) is 19.1 Å². The molecule has 4 aromatic rings. The van der Waals surface area contributed by atoms with E-state index in [1.54, 1.807) is 43.1 Å². The number of benzene rings is 2. The lowest BCUT2D eigenvalue weighted by Gasteiger charge is -2.10. The number of aliphatic hydroxyl groups excluding tert-OH is 1. The predicted molar refractivity (Wildman–Crippen MR) is 116 cm³/mol. The number of imidazole rings is 1. The molecule has 0 atom stereocenters. The fourth-order valence-electron chi connectivity index (χ4n) is 3.31. The molecule has 0 aliphatic heterocycles.